The zero-order chi connectivity index (χ0) is 22.5. The monoisotopic (exact) mass is 466 g/mol. The Morgan fingerprint density at radius 2 is 2.00 bits per heavy atom. The number of hydrogen-bond acceptors (Lipinski definition) is 8. The molecule has 0 spiro atoms. The van der Waals surface area contributed by atoms with E-state index in [1.54, 1.807) is 37.7 Å². The van der Waals surface area contributed by atoms with E-state index in [0.717, 1.165) is 16.4 Å². The molecule has 10 heteroatoms. The van der Waals surface area contributed by atoms with E-state index in [-0.39, 0.29) is 5.91 Å². The molecule has 0 saturated heterocycles. The molecule has 0 radical (unpaired) electrons. The molecule has 1 N–H and O–H groups in total. The van der Waals surface area contributed by atoms with Gasteiger partial charge in [-0.05, 0) is 43.7 Å². The fourth-order valence-corrected chi connectivity index (χ4v) is 3.90. The van der Waals surface area contributed by atoms with Crippen molar-refractivity contribution in [3.63, 3.8) is 0 Å². The van der Waals surface area contributed by atoms with Crippen molar-refractivity contribution < 1.29 is 9.53 Å². The van der Waals surface area contributed by atoms with Crippen molar-refractivity contribution >= 4 is 34.0 Å². The molecular formula is C22H19ClN6O2S. The van der Waals surface area contributed by atoms with Crippen molar-refractivity contribution in [1.82, 2.24) is 25.1 Å². The third-order valence-corrected chi connectivity index (χ3v) is 5.72. The average molecular weight is 467 g/mol. The van der Waals surface area contributed by atoms with Gasteiger partial charge in [0.25, 0.3) is 5.91 Å². The smallest absolute Gasteiger partial charge is 0.259 e. The Morgan fingerprint density at radius 3 is 2.78 bits per heavy atom. The fraction of sp³-hybridized carbons (Fsp3) is 0.182. The summed E-state index contributed by atoms with van der Waals surface area (Å²) in [4.78, 5) is 26.0. The number of ether oxygens (including phenoxy) is 1. The molecule has 0 bridgehead atoms. The lowest BCUT2D eigenvalue weighted by Crippen LogP contribution is -2.14. The highest BCUT2D eigenvalue weighted by Crippen LogP contribution is 2.31. The van der Waals surface area contributed by atoms with Crippen molar-refractivity contribution in [2.24, 2.45) is 0 Å². The number of halogens is 1. The van der Waals surface area contributed by atoms with Crippen molar-refractivity contribution in [3.05, 3.63) is 75.9 Å². The highest BCUT2D eigenvalue weighted by atomic mass is 35.5. The number of methoxy groups -OCH3 is 1. The normalized spacial score (nSPS) is 10.7. The topological polar surface area (TPSA) is 103 Å². The van der Waals surface area contributed by atoms with E-state index in [0.29, 0.717) is 45.6 Å². The van der Waals surface area contributed by atoms with Crippen LogP contribution in [0.2, 0.25) is 5.02 Å². The van der Waals surface area contributed by atoms with Gasteiger partial charge in [0.1, 0.15) is 16.5 Å². The van der Waals surface area contributed by atoms with Gasteiger partial charge in [-0.1, -0.05) is 22.9 Å². The molecule has 32 heavy (non-hydrogen) atoms. The van der Waals surface area contributed by atoms with E-state index in [9.17, 15) is 4.79 Å². The van der Waals surface area contributed by atoms with Gasteiger partial charge in [0.2, 0.25) is 5.13 Å². The van der Waals surface area contributed by atoms with Crippen LogP contribution in [-0.4, -0.2) is 38.2 Å². The van der Waals surface area contributed by atoms with Crippen molar-refractivity contribution in [2.75, 3.05) is 12.4 Å². The number of aryl methyl sites for hydroxylation is 3. The molecule has 162 valence electrons. The molecule has 0 fully saturated rings. The maximum Gasteiger partial charge on any atom is 0.259 e. The summed E-state index contributed by atoms with van der Waals surface area (Å²) in [6.45, 7) is 1.85. The maximum absolute atomic E-state index is 13.0. The predicted octanol–water partition coefficient (Wildman–Crippen LogP) is 4.40. The summed E-state index contributed by atoms with van der Waals surface area (Å²) in [6, 6.07) is 9.07. The first kappa shape index (κ1) is 21.8. The zero-order valence-corrected chi connectivity index (χ0v) is 18.9. The number of aromatic nitrogens is 5. The predicted molar refractivity (Wildman–Crippen MR) is 123 cm³/mol. The Kier molecular flexibility index (Phi) is 6.67. The molecule has 4 aromatic heterocycles. The molecule has 0 aliphatic heterocycles. The second-order valence-corrected chi connectivity index (χ2v) is 8.35. The third kappa shape index (κ3) is 5.06. The summed E-state index contributed by atoms with van der Waals surface area (Å²) in [6.07, 6.45) is 6.16. The van der Waals surface area contributed by atoms with Crippen LogP contribution in [0.15, 0.2) is 48.9 Å². The van der Waals surface area contributed by atoms with Gasteiger partial charge < -0.3 is 4.74 Å². The maximum atomic E-state index is 13.0. The average Bonchev–Trinajstić information content (AvgIpc) is 3.25. The van der Waals surface area contributed by atoms with Crippen molar-refractivity contribution in [2.45, 2.75) is 19.8 Å². The first-order chi connectivity index (χ1) is 15.5. The number of carbonyl (C=O) groups excluding carboxylic acids is 1. The van der Waals surface area contributed by atoms with Crippen LogP contribution >= 0.6 is 22.9 Å². The molecule has 1 amide bonds. The van der Waals surface area contributed by atoms with Crippen molar-refractivity contribution in [3.8, 4) is 17.0 Å². The number of rotatable bonds is 7. The van der Waals surface area contributed by atoms with E-state index in [1.165, 1.54) is 17.5 Å². The lowest BCUT2D eigenvalue weighted by atomic mass is 10.0. The Morgan fingerprint density at radius 1 is 1.12 bits per heavy atom. The Balaban J connectivity index is 1.51. The molecule has 0 saturated carbocycles. The molecule has 0 unspecified atom stereocenters. The summed E-state index contributed by atoms with van der Waals surface area (Å²) in [5.74, 6) is 0.225. The number of amides is 1. The van der Waals surface area contributed by atoms with E-state index in [1.807, 2.05) is 19.1 Å². The first-order valence-corrected chi connectivity index (χ1v) is 10.9. The highest BCUT2D eigenvalue weighted by molar-refractivity contribution is 7.15. The summed E-state index contributed by atoms with van der Waals surface area (Å²) >= 11 is 7.19. The van der Waals surface area contributed by atoms with Crippen LogP contribution in [0.5, 0.6) is 5.75 Å². The van der Waals surface area contributed by atoms with Crippen LogP contribution in [0.25, 0.3) is 11.3 Å². The van der Waals surface area contributed by atoms with Crippen LogP contribution in [0.3, 0.4) is 0 Å². The van der Waals surface area contributed by atoms with Gasteiger partial charge in [-0.2, -0.15) is 0 Å². The van der Waals surface area contributed by atoms with Gasteiger partial charge in [-0.25, -0.2) is 0 Å². The van der Waals surface area contributed by atoms with E-state index in [2.05, 4.69) is 30.5 Å². The van der Waals surface area contributed by atoms with Crippen LogP contribution in [0.4, 0.5) is 5.13 Å². The van der Waals surface area contributed by atoms with Gasteiger partial charge in [0, 0.05) is 42.0 Å². The molecule has 0 aromatic carbocycles. The van der Waals surface area contributed by atoms with Crippen LogP contribution in [-0.2, 0) is 12.8 Å². The first-order valence-electron chi connectivity index (χ1n) is 9.73. The number of nitrogens with zero attached hydrogens (tertiary/aromatic N) is 5. The summed E-state index contributed by atoms with van der Waals surface area (Å²) < 4.78 is 5.42. The van der Waals surface area contributed by atoms with Gasteiger partial charge in [0.05, 0.1) is 17.7 Å². The van der Waals surface area contributed by atoms with E-state index < -0.39 is 0 Å². The summed E-state index contributed by atoms with van der Waals surface area (Å²) in [5, 5.41) is 12.9. The minimum atomic E-state index is -0.345. The molecule has 0 aliphatic rings. The highest BCUT2D eigenvalue weighted by Gasteiger charge is 2.19. The summed E-state index contributed by atoms with van der Waals surface area (Å²) in [5.41, 5.74) is 3.24. The number of hydrogen-bond donors (Lipinski definition) is 1. The zero-order valence-electron chi connectivity index (χ0n) is 17.4. The molecule has 4 aromatic rings. The molecule has 8 nitrogen and oxygen atoms in total. The Hall–Kier alpha value is -3.43. The second-order valence-electron chi connectivity index (χ2n) is 6.85. The standard InChI is InChI=1S/C22H19ClN6O2S/c1-13-10-16(20-18(31-2)4-3-9-24-20)17(12-25-13)21(30)27-22-29-28-19(32-22)8-7-15-6-5-14(23)11-26-15/h3-6,9-12H,7-8H2,1-2H3,(H,27,29,30). The second kappa shape index (κ2) is 9.80. The third-order valence-electron chi connectivity index (χ3n) is 4.60. The Bertz CT molecular complexity index is 1250. The molecule has 0 aliphatic carbocycles. The van der Waals surface area contributed by atoms with Gasteiger partial charge in [-0.3, -0.25) is 25.1 Å². The lowest BCUT2D eigenvalue weighted by molar-refractivity contribution is 0.102. The van der Waals surface area contributed by atoms with Gasteiger partial charge in [0.15, 0.2) is 0 Å². The SMILES string of the molecule is COc1cccnc1-c1cc(C)ncc1C(=O)Nc1nnc(CCc2ccc(Cl)cn2)s1. The summed E-state index contributed by atoms with van der Waals surface area (Å²) in [7, 11) is 1.57. The molecule has 4 rings (SSSR count). The minimum absolute atomic E-state index is 0.345. The van der Waals surface area contributed by atoms with Crippen LogP contribution in [0.1, 0.15) is 26.8 Å². The van der Waals surface area contributed by atoms with E-state index in [4.69, 9.17) is 16.3 Å². The van der Waals surface area contributed by atoms with Gasteiger partial charge >= 0.3 is 0 Å². The lowest BCUT2D eigenvalue weighted by Gasteiger charge is -2.12. The quantitative estimate of drug-likeness (QED) is 0.430. The Labute approximate surface area is 193 Å². The van der Waals surface area contributed by atoms with Gasteiger partial charge in [-0.15, -0.1) is 10.2 Å². The largest absolute Gasteiger partial charge is 0.494 e. The minimum Gasteiger partial charge on any atom is -0.494 e. The molecular weight excluding hydrogens is 448 g/mol. The number of nitrogens with one attached hydrogen (secondary N) is 1. The fourth-order valence-electron chi connectivity index (χ4n) is 3.05. The number of pyridine rings is 3. The molecule has 4 heterocycles. The number of carbonyl (C=O) groups is 1. The number of anilines is 1. The van der Waals surface area contributed by atoms with Crippen LogP contribution < -0.4 is 10.1 Å². The molecule has 0 atom stereocenters. The van der Waals surface area contributed by atoms with Crippen molar-refractivity contribution in [1.29, 1.82) is 0 Å². The van der Waals surface area contributed by atoms with Crippen LogP contribution in [0, 0.1) is 6.92 Å². The van der Waals surface area contributed by atoms with E-state index >= 15 is 0 Å².